The number of thiophene rings is 1. The summed E-state index contributed by atoms with van der Waals surface area (Å²) in [5.74, 6) is 0.451. The van der Waals surface area contributed by atoms with Crippen molar-refractivity contribution < 1.29 is 9.72 Å². The molecule has 5 rings (SSSR count). The van der Waals surface area contributed by atoms with Gasteiger partial charge in [0.05, 0.1) is 15.2 Å². The van der Waals surface area contributed by atoms with E-state index in [2.05, 4.69) is 10.2 Å². The second kappa shape index (κ2) is 6.66. The van der Waals surface area contributed by atoms with E-state index in [0.717, 1.165) is 37.2 Å². The molecule has 3 aliphatic rings. The van der Waals surface area contributed by atoms with Gasteiger partial charge in [-0.3, -0.25) is 14.9 Å². The molecule has 2 bridgehead atoms. The fraction of sp³-hybridized carbons (Fsp3) is 0.438. The van der Waals surface area contributed by atoms with Crippen LogP contribution in [0.1, 0.15) is 22.5 Å². The molecule has 8 heteroatoms. The van der Waals surface area contributed by atoms with Gasteiger partial charge in [-0.15, -0.1) is 23.7 Å². The summed E-state index contributed by atoms with van der Waals surface area (Å²) in [6.07, 6.45) is 2.28. The van der Waals surface area contributed by atoms with Gasteiger partial charge in [-0.25, -0.2) is 0 Å². The van der Waals surface area contributed by atoms with Crippen molar-refractivity contribution in [1.82, 2.24) is 10.2 Å². The predicted molar refractivity (Wildman–Crippen MR) is 96.1 cm³/mol. The number of piperidine rings is 3. The summed E-state index contributed by atoms with van der Waals surface area (Å²) >= 11 is 1.32. The molecule has 3 fully saturated rings. The van der Waals surface area contributed by atoms with Gasteiger partial charge < -0.3 is 10.2 Å². The second-order valence-corrected chi connectivity index (χ2v) is 7.36. The number of non-ortho nitro benzene ring substituents is 1. The summed E-state index contributed by atoms with van der Waals surface area (Å²) in [4.78, 5) is 26.2. The quantitative estimate of drug-likeness (QED) is 0.668. The Hall–Kier alpha value is -1.70. The van der Waals surface area contributed by atoms with Crippen molar-refractivity contribution in [3.05, 3.63) is 39.3 Å². The first-order valence-corrected chi connectivity index (χ1v) is 8.63. The minimum absolute atomic E-state index is 0. The van der Waals surface area contributed by atoms with Crippen molar-refractivity contribution in [2.45, 2.75) is 18.9 Å². The number of nitro benzene ring substituents is 1. The van der Waals surface area contributed by atoms with E-state index in [1.54, 1.807) is 12.1 Å². The number of nitrogens with zero attached hydrogens (tertiary/aromatic N) is 2. The Morgan fingerprint density at radius 1 is 1.33 bits per heavy atom. The summed E-state index contributed by atoms with van der Waals surface area (Å²) < 4.78 is 0.776. The fourth-order valence-electron chi connectivity index (χ4n) is 3.68. The van der Waals surface area contributed by atoms with Gasteiger partial charge in [0.25, 0.3) is 11.6 Å². The van der Waals surface area contributed by atoms with E-state index < -0.39 is 4.92 Å². The van der Waals surface area contributed by atoms with Crippen LogP contribution in [0.2, 0.25) is 0 Å². The van der Waals surface area contributed by atoms with Crippen molar-refractivity contribution in [3.63, 3.8) is 0 Å². The Kier molecular flexibility index (Phi) is 4.76. The molecule has 0 aliphatic carbocycles. The molecule has 128 valence electrons. The van der Waals surface area contributed by atoms with Crippen molar-refractivity contribution in [2.75, 3.05) is 19.6 Å². The van der Waals surface area contributed by atoms with Crippen LogP contribution in [0.15, 0.2) is 24.3 Å². The zero-order chi connectivity index (χ0) is 16.0. The lowest BCUT2D eigenvalue weighted by Crippen LogP contribution is -2.57. The number of fused-ring (bicyclic) bond motifs is 4. The van der Waals surface area contributed by atoms with Gasteiger partial charge in [0.1, 0.15) is 0 Å². The number of amides is 1. The number of halogens is 1. The first-order valence-electron chi connectivity index (χ1n) is 7.82. The first kappa shape index (κ1) is 17.1. The van der Waals surface area contributed by atoms with Crippen LogP contribution in [0.5, 0.6) is 0 Å². The van der Waals surface area contributed by atoms with E-state index in [-0.39, 0.29) is 30.0 Å². The number of hydrogen-bond donors (Lipinski definition) is 1. The molecule has 2 aromatic rings. The molecule has 0 spiro atoms. The van der Waals surface area contributed by atoms with Crippen LogP contribution in [-0.2, 0) is 0 Å². The lowest BCUT2D eigenvalue weighted by molar-refractivity contribution is -0.383. The highest BCUT2D eigenvalue weighted by molar-refractivity contribution is 7.20. The number of rotatable bonds is 3. The molecule has 1 aromatic carbocycles. The van der Waals surface area contributed by atoms with Crippen molar-refractivity contribution in [2.24, 2.45) is 5.92 Å². The average molecular weight is 368 g/mol. The Labute approximate surface area is 149 Å². The maximum atomic E-state index is 12.6. The summed E-state index contributed by atoms with van der Waals surface area (Å²) in [5, 5.41) is 14.8. The Bertz CT molecular complexity index is 786. The van der Waals surface area contributed by atoms with Gasteiger partial charge in [0.2, 0.25) is 0 Å². The predicted octanol–water partition coefficient (Wildman–Crippen LogP) is 3.06. The molecule has 6 nitrogen and oxygen atoms in total. The summed E-state index contributed by atoms with van der Waals surface area (Å²) in [7, 11) is 0. The van der Waals surface area contributed by atoms with Crippen LogP contribution in [0.3, 0.4) is 0 Å². The summed E-state index contributed by atoms with van der Waals surface area (Å²) in [5.41, 5.74) is 0.0561. The Morgan fingerprint density at radius 2 is 2.08 bits per heavy atom. The Balaban J connectivity index is 0.00000169. The third kappa shape index (κ3) is 2.99. The van der Waals surface area contributed by atoms with Crippen LogP contribution in [-0.4, -0.2) is 41.4 Å². The number of hydrogen-bond acceptors (Lipinski definition) is 5. The highest BCUT2D eigenvalue weighted by Gasteiger charge is 2.35. The van der Waals surface area contributed by atoms with E-state index in [9.17, 15) is 14.9 Å². The van der Waals surface area contributed by atoms with Crippen LogP contribution < -0.4 is 5.32 Å². The molecule has 0 radical (unpaired) electrons. The lowest BCUT2D eigenvalue weighted by atomic mass is 9.84. The van der Waals surface area contributed by atoms with Gasteiger partial charge in [-0.2, -0.15) is 0 Å². The standard InChI is InChI=1S/C16H17N3O3S.ClH/c20-16(17-12-9-18-6-4-10(12)5-7-18)15-8-11-13(19(21)22)2-1-3-14(11)23-15;/h1-3,8,10,12H,4-7,9H2,(H,17,20);1H/t12-;/m0./s1. The molecule has 1 N–H and O–H groups in total. The van der Waals surface area contributed by atoms with Crippen molar-refractivity contribution >= 4 is 45.4 Å². The maximum absolute atomic E-state index is 12.6. The van der Waals surface area contributed by atoms with Crippen molar-refractivity contribution in [3.8, 4) is 0 Å². The molecule has 3 aliphatic heterocycles. The SMILES string of the molecule is Cl.O=C(N[C@H]1CN2CCC1CC2)c1cc2c([N+](=O)[O-])cccc2s1. The number of carbonyl (C=O) groups excluding carboxylic acids is 1. The van der Waals surface area contributed by atoms with Gasteiger partial charge in [-0.1, -0.05) is 6.07 Å². The summed E-state index contributed by atoms with van der Waals surface area (Å²) in [6.45, 7) is 3.18. The summed E-state index contributed by atoms with van der Waals surface area (Å²) in [6, 6.07) is 6.80. The minimum atomic E-state index is -0.399. The minimum Gasteiger partial charge on any atom is -0.347 e. The number of carbonyl (C=O) groups is 1. The monoisotopic (exact) mass is 367 g/mol. The number of nitrogens with one attached hydrogen (secondary N) is 1. The van der Waals surface area contributed by atoms with E-state index >= 15 is 0 Å². The van der Waals surface area contributed by atoms with E-state index in [1.165, 1.54) is 17.4 Å². The van der Waals surface area contributed by atoms with E-state index in [4.69, 9.17) is 0 Å². The average Bonchev–Trinajstić information content (AvgIpc) is 3.00. The van der Waals surface area contributed by atoms with Gasteiger partial charge in [0.15, 0.2) is 0 Å². The largest absolute Gasteiger partial charge is 0.347 e. The zero-order valence-electron chi connectivity index (χ0n) is 12.9. The molecule has 24 heavy (non-hydrogen) atoms. The van der Waals surface area contributed by atoms with E-state index in [0.29, 0.717) is 16.2 Å². The highest BCUT2D eigenvalue weighted by Crippen LogP contribution is 2.33. The first-order chi connectivity index (χ1) is 11.1. The molecule has 4 heterocycles. The number of benzene rings is 1. The van der Waals surface area contributed by atoms with Crippen LogP contribution in [0.4, 0.5) is 5.69 Å². The Morgan fingerprint density at radius 3 is 2.71 bits per heavy atom. The number of nitro groups is 1. The second-order valence-electron chi connectivity index (χ2n) is 6.27. The third-order valence-corrected chi connectivity index (χ3v) is 6.03. The van der Waals surface area contributed by atoms with Gasteiger partial charge in [-0.05, 0) is 44.0 Å². The smallest absolute Gasteiger partial charge is 0.278 e. The normalized spacial score (nSPS) is 25.2. The molecular weight excluding hydrogens is 350 g/mol. The van der Waals surface area contributed by atoms with Crippen LogP contribution >= 0.6 is 23.7 Å². The topological polar surface area (TPSA) is 75.5 Å². The maximum Gasteiger partial charge on any atom is 0.278 e. The zero-order valence-corrected chi connectivity index (χ0v) is 14.6. The molecule has 1 amide bonds. The van der Waals surface area contributed by atoms with Crippen LogP contribution in [0, 0.1) is 16.0 Å². The molecule has 3 saturated heterocycles. The van der Waals surface area contributed by atoms with Gasteiger partial charge in [0, 0.05) is 23.4 Å². The lowest BCUT2D eigenvalue weighted by Gasteiger charge is -2.44. The molecule has 1 atom stereocenters. The van der Waals surface area contributed by atoms with Crippen LogP contribution in [0.25, 0.3) is 10.1 Å². The van der Waals surface area contributed by atoms with E-state index in [1.807, 2.05) is 6.07 Å². The molecular formula is C16H18ClN3O3S. The fourth-order valence-corrected chi connectivity index (χ4v) is 4.67. The molecule has 1 aromatic heterocycles. The van der Waals surface area contributed by atoms with Crippen molar-refractivity contribution in [1.29, 1.82) is 0 Å². The third-order valence-electron chi connectivity index (χ3n) is 4.93. The molecule has 0 unspecified atom stereocenters. The van der Waals surface area contributed by atoms with Gasteiger partial charge >= 0.3 is 0 Å². The highest BCUT2D eigenvalue weighted by atomic mass is 35.5. The molecule has 0 saturated carbocycles.